The van der Waals surface area contributed by atoms with Crippen molar-refractivity contribution in [2.75, 3.05) is 6.26 Å². The van der Waals surface area contributed by atoms with Crippen molar-refractivity contribution < 1.29 is 8.42 Å². The van der Waals surface area contributed by atoms with Crippen molar-refractivity contribution in [3.63, 3.8) is 0 Å². The van der Waals surface area contributed by atoms with E-state index < -0.39 is 9.84 Å². The normalized spacial score (nSPS) is 9.59. The van der Waals surface area contributed by atoms with E-state index in [2.05, 4.69) is 0 Å². The summed E-state index contributed by atoms with van der Waals surface area (Å²) in [6.45, 7) is 11.9. The molecular formula is C14H26O2S. The van der Waals surface area contributed by atoms with Crippen molar-refractivity contribution in [1.82, 2.24) is 0 Å². The topological polar surface area (TPSA) is 34.1 Å². The summed E-state index contributed by atoms with van der Waals surface area (Å²) in [6, 6.07) is 5.55. The van der Waals surface area contributed by atoms with Gasteiger partial charge >= 0.3 is 0 Å². The van der Waals surface area contributed by atoms with E-state index in [1.807, 2.05) is 53.7 Å². The fourth-order valence-electron chi connectivity index (χ4n) is 1.30. The third kappa shape index (κ3) is 6.47. The van der Waals surface area contributed by atoms with Crippen LogP contribution in [0.3, 0.4) is 0 Å². The fraction of sp³-hybridized carbons (Fsp3) is 0.571. The number of rotatable bonds is 2. The number of sulfone groups is 1. The fourth-order valence-corrected chi connectivity index (χ4v) is 2.39. The Kier molecular flexibility index (Phi) is 10.1. The van der Waals surface area contributed by atoms with Gasteiger partial charge in [0.15, 0.2) is 9.84 Å². The minimum Gasteiger partial charge on any atom is -0.224 e. The molecule has 100 valence electrons. The molecule has 0 aliphatic carbocycles. The maximum Gasteiger partial charge on any atom is 0.175 e. The number of hydrogen-bond acceptors (Lipinski definition) is 2. The van der Waals surface area contributed by atoms with Crippen molar-refractivity contribution >= 4 is 9.84 Å². The van der Waals surface area contributed by atoms with E-state index in [0.717, 1.165) is 17.5 Å². The Hall–Kier alpha value is -0.830. The largest absolute Gasteiger partial charge is 0.224 e. The number of benzene rings is 1. The summed E-state index contributed by atoms with van der Waals surface area (Å²) >= 11 is 0. The van der Waals surface area contributed by atoms with Gasteiger partial charge in [-0.05, 0) is 30.5 Å². The molecule has 0 radical (unpaired) electrons. The van der Waals surface area contributed by atoms with Crippen molar-refractivity contribution in [3.8, 4) is 0 Å². The molecule has 0 atom stereocenters. The standard InChI is InChI=1S/C10H14O2S.2C2H6/c1-4-9-6-5-8(2)7-10(9)13(3,11)12;2*1-2/h5-7H,4H2,1-3H3;2*1-2H3. The van der Waals surface area contributed by atoms with Crippen LogP contribution in [-0.4, -0.2) is 14.7 Å². The van der Waals surface area contributed by atoms with E-state index in [1.165, 1.54) is 6.26 Å². The van der Waals surface area contributed by atoms with Crippen LogP contribution in [0.15, 0.2) is 23.1 Å². The smallest absolute Gasteiger partial charge is 0.175 e. The van der Waals surface area contributed by atoms with Gasteiger partial charge in [-0.25, -0.2) is 8.42 Å². The van der Waals surface area contributed by atoms with E-state index in [0.29, 0.717) is 4.90 Å². The molecule has 0 aromatic heterocycles. The molecule has 0 unspecified atom stereocenters. The maximum absolute atomic E-state index is 11.4. The first-order valence-electron chi connectivity index (χ1n) is 6.24. The quantitative estimate of drug-likeness (QED) is 0.803. The second-order valence-corrected chi connectivity index (χ2v) is 5.22. The highest BCUT2D eigenvalue weighted by Crippen LogP contribution is 2.17. The van der Waals surface area contributed by atoms with Gasteiger partial charge in [0.2, 0.25) is 0 Å². The van der Waals surface area contributed by atoms with Gasteiger partial charge in [0.1, 0.15) is 0 Å². The van der Waals surface area contributed by atoms with E-state index in [1.54, 1.807) is 6.07 Å². The van der Waals surface area contributed by atoms with Crippen molar-refractivity contribution in [1.29, 1.82) is 0 Å². The molecule has 0 saturated carbocycles. The second kappa shape index (κ2) is 9.23. The molecule has 1 aromatic carbocycles. The summed E-state index contributed by atoms with van der Waals surface area (Å²) in [5, 5.41) is 0. The van der Waals surface area contributed by atoms with Crippen LogP contribution in [0.2, 0.25) is 0 Å². The Morgan fingerprint density at radius 1 is 1.06 bits per heavy atom. The Balaban J connectivity index is 0. The zero-order valence-corrected chi connectivity index (χ0v) is 13.0. The van der Waals surface area contributed by atoms with E-state index in [-0.39, 0.29) is 0 Å². The molecule has 0 amide bonds. The molecule has 17 heavy (non-hydrogen) atoms. The summed E-state index contributed by atoms with van der Waals surface area (Å²) < 4.78 is 22.7. The highest BCUT2D eigenvalue weighted by Gasteiger charge is 2.11. The van der Waals surface area contributed by atoms with Crippen LogP contribution in [0.5, 0.6) is 0 Å². The van der Waals surface area contributed by atoms with Crippen molar-refractivity contribution in [2.24, 2.45) is 0 Å². The Labute approximate surface area is 107 Å². The molecule has 3 heteroatoms. The number of hydrogen-bond donors (Lipinski definition) is 0. The molecule has 1 aromatic rings. The van der Waals surface area contributed by atoms with Crippen molar-refractivity contribution in [3.05, 3.63) is 29.3 Å². The van der Waals surface area contributed by atoms with Crippen LogP contribution < -0.4 is 0 Å². The maximum atomic E-state index is 11.4. The SMILES string of the molecule is CC.CC.CCc1ccc(C)cc1S(C)(=O)=O. The van der Waals surface area contributed by atoms with E-state index in [9.17, 15) is 8.42 Å². The molecule has 0 fully saturated rings. The molecule has 1 rings (SSSR count). The Bertz CT molecular complexity index is 406. The predicted molar refractivity (Wildman–Crippen MR) is 76.4 cm³/mol. The van der Waals surface area contributed by atoms with Crippen LogP contribution >= 0.6 is 0 Å². The van der Waals surface area contributed by atoms with Crippen LogP contribution in [0.25, 0.3) is 0 Å². The zero-order chi connectivity index (χ0) is 14.1. The Morgan fingerprint density at radius 2 is 1.53 bits per heavy atom. The van der Waals surface area contributed by atoms with Gasteiger partial charge in [0.25, 0.3) is 0 Å². The van der Waals surface area contributed by atoms with Crippen molar-refractivity contribution in [2.45, 2.75) is 52.9 Å². The Morgan fingerprint density at radius 3 is 1.88 bits per heavy atom. The summed E-state index contributed by atoms with van der Waals surface area (Å²) in [6.07, 6.45) is 2.00. The van der Waals surface area contributed by atoms with Gasteiger partial charge in [0, 0.05) is 6.26 Å². The molecular weight excluding hydrogens is 232 g/mol. The van der Waals surface area contributed by atoms with Gasteiger partial charge in [-0.2, -0.15) is 0 Å². The molecule has 0 heterocycles. The van der Waals surface area contributed by atoms with Gasteiger partial charge in [0.05, 0.1) is 4.90 Å². The van der Waals surface area contributed by atoms with Crippen LogP contribution in [0.4, 0.5) is 0 Å². The third-order valence-electron chi connectivity index (χ3n) is 2.00. The van der Waals surface area contributed by atoms with Crippen LogP contribution in [-0.2, 0) is 16.3 Å². The third-order valence-corrected chi connectivity index (χ3v) is 3.18. The van der Waals surface area contributed by atoms with E-state index in [4.69, 9.17) is 0 Å². The zero-order valence-electron chi connectivity index (χ0n) is 12.2. The highest BCUT2D eigenvalue weighted by molar-refractivity contribution is 7.90. The van der Waals surface area contributed by atoms with E-state index >= 15 is 0 Å². The average molecular weight is 258 g/mol. The number of aryl methyl sites for hydroxylation is 2. The lowest BCUT2D eigenvalue weighted by atomic mass is 10.1. The molecule has 0 bridgehead atoms. The summed E-state index contributed by atoms with van der Waals surface area (Å²) in [7, 11) is -3.07. The highest BCUT2D eigenvalue weighted by atomic mass is 32.2. The molecule has 0 aliphatic heterocycles. The van der Waals surface area contributed by atoms with Gasteiger partial charge in [-0.1, -0.05) is 46.8 Å². The lowest BCUT2D eigenvalue weighted by Gasteiger charge is -2.06. The van der Waals surface area contributed by atoms with Crippen LogP contribution in [0, 0.1) is 6.92 Å². The minimum atomic E-state index is -3.07. The predicted octanol–water partition coefficient (Wildman–Crippen LogP) is 4.01. The monoisotopic (exact) mass is 258 g/mol. The average Bonchev–Trinajstić information content (AvgIpc) is 2.33. The summed E-state index contributed by atoms with van der Waals surface area (Å²) in [4.78, 5) is 0.468. The van der Waals surface area contributed by atoms with Crippen LogP contribution in [0.1, 0.15) is 45.7 Å². The molecule has 0 N–H and O–H groups in total. The first-order valence-corrected chi connectivity index (χ1v) is 8.14. The molecule has 0 spiro atoms. The first kappa shape index (κ1) is 18.5. The lowest BCUT2D eigenvalue weighted by molar-refractivity contribution is 0.600. The van der Waals surface area contributed by atoms with Gasteiger partial charge < -0.3 is 0 Å². The lowest BCUT2D eigenvalue weighted by Crippen LogP contribution is -2.02. The summed E-state index contributed by atoms with van der Waals surface area (Å²) in [5.41, 5.74) is 1.88. The second-order valence-electron chi connectivity index (χ2n) is 3.24. The minimum absolute atomic E-state index is 0.468. The molecule has 0 aliphatic rings. The van der Waals surface area contributed by atoms with Gasteiger partial charge in [-0.3, -0.25) is 0 Å². The molecule has 2 nitrogen and oxygen atoms in total. The molecule has 0 saturated heterocycles. The first-order chi connectivity index (χ1) is 7.95. The summed E-state index contributed by atoms with van der Waals surface area (Å²) in [5.74, 6) is 0. The van der Waals surface area contributed by atoms with Gasteiger partial charge in [-0.15, -0.1) is 0 Å².